The fourth-order valence-electron chi connectivity index (χ4n) is 5.39. The fourth-order valence-corrected chi connectivity index (χ4v) is 13.5. The lowest BCUT2D eigenvalue weighted by molar-refractivity contribution is -0.133. The Hall–Kier alpha value is -3.87. The number of carbonyl (C=O) groups is 1. The third-order valence-electron chi connectivity index (χ3n) is 7.67. The van der Waals surface area contributed by atoms with Crippen LogP contribution in [0.15, 0.2) is 182 Å². The summed E-state index contributed by atoms with van der Waals surface area (Å²) in [5, 5.41) is 7.21. The zero-order valence-electron chi connectivity index (χ0n) is 26.0. The predicted molar refractivity (Wildman–Crippen MR) is 205 cm³/mol. The van der Waals surface area contributed by atoms with Gasteiger partial charge in [0.25, 0.3) is 7.49 Å². The van der Waals surface area contributed by atoms with Gasteiger partial charge in [-0.3, -0.25) is 4.52 Å². The van der Waals surface area contributed by atoms with Crippen molar-refractivity contribution in [2.75, 3.05) is 0 Å². The Morgan fingerprint density at radius 2 is 0.739 bits per heavy atom. The topological polar surface area (TPSA) is 26.3 Å². The fraction of sp³-hybridized carbons (Fsp3) is 0.0976. The van der Waals surface area contributed by atoms with Crippen LogP contribution in [-0.4, -0.2) is 5.97 Å². The molecule has 0 bridgehead atoms. The van der Waals surface area contributed by atoms with Gasteiger partial charge >= 0.3 is 5.97 Å². The van der Waals surface area contributed by atoms with Crippen LogP contribution >= 0.6 is 28.9 Å². The summed E-state index contributed by atoms with van der Waals surface area (Å²) < 4.78 is 6.37. The van der Waals surface area contributed by atoms with Gasteiger partial charge in [-0.15, -0.1) is 0 Å². The first-order chi connectivity index (χ1) is 22.6. The van der Waals surface area contributed by atoms with Crippen LogP contribution in [0.4, 0.5) is 0 Å². The largest absolute Gasteiger partial charge is 0.351 e. The summed E-state index contributed by atoms with van der Waals surface area (Å²) in [6.45, 7) is 2.08. The lowest BCUT2D eigenvalue weighted by atomic mass is 10.3. The molecule has 0 saturated heterocycles. The molecule has 6 rings (SSSR count). The van der Waals surface area contributed by atoms with E-state index in [1.807, 2.05) is 54.6 Å². The molecule has 6 aromatic carbocycles. The van der Waals surface area contributed by atoms with Crippen molar-refractivity contribution in [3.63, 3.8) is 0 Å². The minimum absolute atomic E-state index is 0.128. The van der Waals surface area contributed by atoms with Crippen molar-refractivity contribution < 1.29 is 9.32 Å². The number of hydrogen-bond acceptors (Lipinski definition) is 2. The van der Waals surface area contributed by atoms with Crippen molar-refractivity contribution in [2.45, 2.75) is 26.2 Å². The van der Waals surface area contributed by atoms with Crippen molar-refractivity contribution in [3.05, 3.63) is 182 Å². The van der Waals surface area contributed by atoms with Gasteiger partial charge in [-0.1, -0.05) is 123 Å². The first-order valence-electron chi connectivity index (χ1n) is 15.6. The maximum absolute atomic E-state index is 12.7. The smallest absolute Gasteiger partial charge is 0.297 e. The second kappa shape index (κ2) is 16.6. The normalized spacial score (nSPS) is 11.2. The highest BCUT2D eigenvalue weighted by Crippen LogP contribution is 2.62. The highest BCUT2D eigenvalue weighted by molar-refractivity contribution is 9.44. The molecule has 0 aromatic heterocycles. The molecular weight excluding hydrogens is 666 g/mol. The van der Waals surface area contributed by atoms with E-state index in [0.29, 0.717) is 6.42 Å². The Morgan fingerprint density at radius 1 is 0.478 bits per heavy atom. The maximum Gasteiger partial charge on any atom is 0.351 e. The zero-order chi connectivity index (χ0) is 32.1. The zero-order valence-corrected chi connectivity index (χ0v) is 29.4. The Labute approximate surface area is 283 Å². The molecule has 0 spiro atoms. The molecule has 6 aromatic rings. The van der Waals surface area contributed by atoms with Crippen LogP contribution in [-0.2, 0) is 9.32 Å². The van der Waals surface area contributed by atoms with Crippen molar-refractivity contribution in [2.24, 2.45) is 0 Å². The molecule has 0 aliphatic heterocycles. The second-order valence-electron chi connectivity index (χ2n) is 10.8. The van der Waals surface area contributed by atoms with Crippen LogP contribution in [0.3, 0.4) is 0 Å². The van der Waals surface area contributed by atoms with Gasteiger partial charge in [0.2, 0.25) is 0 Å². The van der Waals surface area contributed by atoms with Gasteiger partial charge in [0.1, 0.15) is 31.8 Å². The number of rotatable bonds is 10. The summed E-state index contributed by atoms with van der Waals surface area (Å²) in [5.74, 6) is -1.84. The Kier molecular flexibility index (Phi) is 12.1. The molecule has 0 fully saturated rings. The van der Waals surface area contributed by atoms with E-state index in [1.54, 1.807) is 0 Å². The molecular formula is C41H39BrO2P2+2. The molecule has 0 amide bonds. The number of hydrogen-bond donors (Lipinski definition) is 0. The third kappa shape index (κ3) is 7.73. The van der Waals surface area contributed by atoms with Gasteiger partial charge in [0, 0.05) is 0 Å². The van der Waals surface area contributed by atoms with E-state index < -0.39 is 13.5 Å². The van der Waals surface area contributed by atoms with Crippen molar-refractivity contribution in [1.29, 1.82) is 0 Å². The van der Waals surface area contributed by atoms with E-state index in [9.17, 15) is 4.79 Å². The van der Waals surface area contributed by atoms with E-state index in [0.717, 1.165) is 28.8 Å². The molecule has 0 aliphatic rings. The number of halogens is 1. The van der Waals surface area contributed by atoms with E-state index in [4.69, 9.17) is 4.52 Å². The molecule has 46 heavy (non-hydrogen) atoms. The van der Waals surface area contributed by atoms with Gasteiger partial charge in [0.05, 0.1) is 6.42 Å². The van der Waals surface area contributed by atoms with E-state index in [2.05, 4.69) is 150 Å². The molecule has 0 aliphatic carbocycles. The molecule has 0 saturated carbocycles. The minimum atomic E-state index is -2.50. The Balaban J connectivity index is 0.000000187. The summed E-state index contributed by atoms with van der Waals surface area (Å²) >= 11 is 4.12. The lowest BCUT2D eigenvalue weighted by Crippen LogP contribution is -2.34. The van der Waals surface area contributed by atoms with Crippen LogP contribution in [0.5, 0.6) is 0 Å². The van der Waals surface area contributed by atoms with E-state index in [1.165, 1.54) is 15.9 Å². The molecule has 0 atom stereocenters. The second-order valence-corrected chi connectivity index (χ2v) is 19.6. The van der Waals surface area contributed by atoms with Crippen molar-refractivity contribution in [3.8, 4) is 0 Å². The van der Waals surface area contributed by atoms with Crippen LogP contribution in [0.1, 0.15) is 26.2 Å². The minimum Gasteiger partial charge on any atom is -0.297 e. The highest BCUT2D eigenvalue weighted by atomic mass is 79.9. The standard InChI is InChI=1S/C23H24O2P.C18H15BrP/c1-2-3-19-23(24)25-26(20-13-7-4-8-14-20,21-15-9-5-10-16-21)22-17-11-6-12-18-22;19-20(16-10-4-1-5-11-16,17-12-6-2-7-13-17)18-14-8-3-9-15-18/h4-18H,2-3,19H2,1H3;1-15H/q2*+1. The summed E-state index contributed by atoms with van der Waals surface area (Å²) in [5.41, 5.74) is 0. The first-order valence-corrected chi connectivity index (χ1v) is 21.1. The average Bonchev–Trinajstić information content (AvgIpc) is 3.15. The number of carbonyl (C=O) groups excluding carboxylic acids is 1. The van der Waals surface area contributed by atoms with Crippen LogP contribution in [0, 0.1) is 0 Å². The molecule has 0 heterocycles. The third-order valence-corrected chi connectivity index (χ3v) is 17.9. The molecule has 5 heteroatoms. The van der Waals surface area contributed by atoms with Gasteiger partial charge in [0.15, 0.2) is 21.5 Å². The van der Waals surface area contributed by atoms with Crippen LogP contribution in [0.2, 0.25) is 0 Å². The molecule has 0 unspecified atom stereocenters. The quantitative estimate of drug-likeness (QED) is 0.133. The van der Waals surface area contributed by atoms with E-state index >= 15 is 0 Å². The van der Waals surface area contributed by atoms with Gasteiger partial charge < -0.3 is 0 Å². The number of unbranched alkanes of at least 4 members (excludes halogenated alkanes) is 1. The molecule has 2 nitrogen and oxygen atoms in total. The molecule has 0 radical (unpaired) electrons. The lowest BCUT2D eigenvalue weighted by Gasteiger charge is -2.25. The maximum atomic E-state index is 12.7. The van der Waals surface area contributed by atoms with Crippen LogP contribution < -0.4 is 31.8 Å². The van der Waals surface area contributed by atoms with Crippen LogP contribution in [0.25, 0.3) is 0 Å². The van der Waals surface area contributed by atoms with E-state index in [-0.39, 0.29) is 5.97 Å². The highest BCUT2D eigenvalue weighted by Gasteiger charge is 2.50. The van der Waals surface area contributed by atoms with Crippen molar-refractivity contribution >= 4 is 66.7 Å². The monoisotopic (exact) mass is 704 g/mol. The van der Waals surface area contributed by atoms with Gasteiger partial charge in [-0.25, -0.2) is 4.79 Å². The molecule has 230 valence electrons. The SMILES string of the molecule is Br[P+](c1ccccc1)(c1ccccc1)c1ccccc1.CCCCC(=O)O[P+](c1ccccc1)(c1ccccc1)c1ccccc1. The van der Waals surface area contributed by atoms with Crippen molar-refractivity contribution in [1.82, 2.24) is 0 Å². The Bertz CT molecular complexity index is 1560. The summed E-state index contributed by atoms with van der Waals surface area (Å²) in [4.78, 5) is 12.7. The van der Waals surface area contributed by atoms with Gasteiger partial charge in [-0.2, -0.15) is 0 Å². The first kappa shape index (κ1) is 33.5. The molecule has 0 N–H and O–H groups in total. The predicted octanol–water partition coefficient (Wildman–Crippen LogP) is 8.92. The Morgan fingerprint density at radius 3 is 1.00 bits per heavy atom. The number of benzene rings is 6. The summed E-state index contributed by atoms with van der Waals surface area (Å²) in [6.07, 6.45) is 2.27. The van der Waals surface area contributed by atoms with Gasteiger partial charge in [-0.05, 0) is 79.2 Å². The summed E-state index contributed by atoms with van der Waals surface area (Å²) in [6, 6.07) is 62.6. The summed E-state index contributed by atoms with van der Waals surface area (Å²) in [7, 11) is -2.50. The average molecular weight is 706 g/mol.